The molecule has 29 heavy (non-hydrogen) atoms. The molecular weight excluding hydrogens is 380 g/mol. The minimum atomic E-state index is -0.806. The second-order valence-electron chi connectivity index (χ2n) is 7.08. The highest BCUT2D eigenvalue weighted by Crippen LogP contribution is 2.35. The number of amides is 3. The van der Waals surface area contributed by atoms with Crippen molar-refractivity contribution in [2.24, 2.45) is 0 Å². The third-order valence-electron chi connectivity index (χ3n) is 5.31. The van der Waals surface area contributed by atoms with Gasteiger partial charge in [-0.2, -0.15) is 0 Å². The molecule has 1 heterocycles. The molecule has 1 aliphatic heterocycles. The summed E-state index contributed by atoms with van der Waals surface area (Å²) in [6.07, 6.45) is 2.83. The Morgan fingerprint density at radius 3 is 2.52 bits per heavy atom. The maximum Gasteiger partial charge on any atom is 0.325 e. The molecule has 1 N–H and O–H groups in total. The van der Waals surface area contributed by atoms with E-state index in [1.165, 1.54) is 20.3 Å². The summed E-state index contributed by atoms with van der Waals surface area (Å²) in [5.41, 5.74) is -0.572. The van der Waals surface area contributed by atoms with Crippen molar-refractivity contribution in [2.45, 2.75) is 37.6 Å². The smallest absolute Gasteiger partial charge is 0.325 e. The molecule has 1 aromatic rings. The van der Waals surface area contributed by atoms with Gasteiger partial charge in [-0.15, -0.1) is 0 Å². The molecule has 0 aromatic heterocycles. The lowest BCUT2D eigenvalue weighted by molar-refractivity contribution is -0.143. The van der Waals surface area contributed by atoms with Gasteiger partial charge in [-0.05, 0) is 31.0 Å². The molecule has 156 valence electrons. The fourth-order valence-corrected chi connectivity index (χ4v) is 3.73. The number of methoxy groups -OCH3 is 2. The first-order valence-corrected chi connectivity index (χ1v) is 9.45. The van der Waals surface area contributed by atoms with Crippen molar-refractivity contribution in [2.75, 3.05) is 27.4 Å². The number of Topliss-reactive ketones (excluding diaryl/α,β-unsaturated/α-hetero) is 1. The van der Waals surface area contributed by atoms with Crippen LogP contribution in [0.15, 0.2) is 18.2 Å². The molecule has 3 rings (SSSR count). The van der Waals surface area contributed by atoms with E-state index in [9.17, 15) is 19.2 Å². The van der Waals surface area contributed by atoms with Gasteiger partial charge in [0.25, 0.3) is 5.91 Å². The van der Waals surface area contributed by atoms with E-state index in [0.29, 0.717) is 24.3 Å². The van der Waals surface area contributed by atoms with Gasteiger partial charge in [0.1, 0.15) is 17.0 Å². The number of esters is 1. The zero-order valence-electron chi connectivity index (χ0n) is 16.5. The largest absolute Gasteiger partial charge is 0.497 e. The van der Waals surface area contributed by atoms with Crippen molar-refractivity contribution in [3.63, 3.8) is 0 Å². The number of benzene rings is 1. The van der Waals surface area contributed by atoms with Crippen LogP contribution in [0.25, 0.3) is 0 Å². The Kier molecular flexibility index (Phi) is 6.05. The van der Waals surface area contributed by atoms with E-state index in [1.54, 1.807) is 12.1 Å². The number of hydrogen-bond acceptors (Lipinski definition) is 7. The normalized spacial score (nSPS) is 17.4. The molecule has 2 fully saturated rings. The van der Waals surface area contributed by atoms with Crippen molar-refractivity contribution in [3.8, 4) is 11.5 Å². The number of rotatable bonds is 8. The number of nitrogens with one attached hydrogen (secondary N) is 1. The number of ketones is 1. The molecule has 1 aromatic carbocycles. The Morgan fingerprint density at radius 2 is 1.86 bits per heavy atom. The number of carbonyl (C=O) groups excluding carboxylic acids is 4. The van der Waals surface area contributed by atoms with Crippen LogP contribution in [0.5, 0.6) is 11.5 Å². The Morgan fingerprint density at radius 1 is 1.14 bits per heavy atom. The molecule has 1 aliphatic carbocycles. The third-order valence-corrected chi connectivity index (χ3v) is 5.31. The molecule has 1 saturated heterocycles. The summed E-state index contributed by atoms with van der Waals surface area (Å²) in [6.45, 7) is -0.561. The Bertz CT molecular complexity index is 830. The van der Waals surface area contributed by atoms with Gasteiger partial charge in [0.05, 0.1) is 26.2 Å². The highest BCUT2D eigenvalue weighted by Gasteiger charge is 2.52. The molecule has 9 heteroatoms. The summed E-state index contributed by atoms with van der Waals surface area (Å²) < 4.78 is 15.3. The van der Waals surface area contributed by atoms with Gasteiger partial charge in [0.2, 0.25) is 5.78 Å². The van der Waals surface area contributed by atoms with Gasteiger partial charge < -0.3 is 19.5 Å². The fourth-order valence-electron chi connectivity index (χ4n) is 3.73. The molecule has 0 unspecified atom stereocenters. The van der Waals surface area contributed by atoms with E-state index < -0.39 is 29.9 Å². The van der Waals surface area contributed by atoms with Crippen LogP contribution in [0.4, 0.5) is 4.79 Å². The SMILES string of the molecule is COc1ccc(OC)c(C(=O)COC(=O)CCN2C(=O)NC3(CCCC3)C2=O)c1. The Hall–Kier alpha value is -3.10. The van der Waals surface area contributed by atoms with E-state index in [-0.39, 0.29) is 24.4 Å². The molecule has 1 saturated carbocycles. The molecule has 9 nitrogen and oxygen atoms in total. The van der Waals surface area contributed by atoms with Crippen molar-refractivity contribution in [1.82, 2.24) is 10.2 Å². The first kappa shape index (κ1) is 20.6. The van der Waals surface area contributed by atoms with E-state index in [4.69, 9.17) is 14.2 Å². The van der Waals surface area contributed by atoms with E-state index in [0.717, 1.165) is 17.7 Å². The summed E-state index contributed by atoms with van der Waals surface area (Å²) in [5, 5.41) is 2.75. The molecule has 3 amide bonds. The Balaban J connectivity index is 1.52. The predicted molar refractivity (Wildman–Crippen MR) is 101 cm³/mol. The number of nitrogens with zero attached hydrogens (tertiary/aromatic N) is 1. The van der Waals surface area contributed by atoms with Crippen LogP contribution < -0.4 is 14.8 Å². The second kappa shape index (κ2) is 8.50. The van der Waals surface area contributed by atoms with Crippen LogP contribution in [-0.2, 0) is 14.3 Å². The zero-order valence-corrected chi connectivity index (χ0v) is 16.5. The molecule has 1 spiro atoms. The van der Waals surface area contributed by atoms with Gasteiger partial charge in [-0.1, -0.05) is 12.8 Å². The zero-order chi connectivity index (χ0) is 21.0. The lowest BCUT2D eigenvalue weighted by Gasteiger charge is -2.19. The summed E-state index contributed by atoms with van der Waals surface area (Å²) in [7, 11) is 2.90. The fraction of sp³-hybridized carbons (Fsp3) is 0.500. The van der Waals surface area contributed by atoms with Crippen LogP contribution in [0.2, 0.25) is 0 Å². The van der Waals surface area contributed by atoms with Gasteiger partial charge in [0, 0.05) is 6.54 Å². The van der Waals surface area contributed by atoms with Crippen LogP contribution in [-0.4, -0.2) is 61.5 Å². The summed E-state index contributed by atoms with van der Waals surface area (Å²) in [4.78, 5) is 50.1. The van der Waals surface area contributed by atoms with Crippen LogP contribution in [0.1, 0.15) is 42.5 Å². The van der Waals surface area contributed by atoms with Gasteiger partial charge in [0.15, 0.2) is 6.61 Å². The highest BCUT2D eigenvalue weighted by atomic mass is 16.5. The molecule has 0 radical (unpaired) electrons. The van der Waals surface area contributed by atoms with Crippen molar-refractivity contribution in [3.05, 3.63) is 23.8 Å². The van der Waals surface area contributed by atoms with Gasteiger partial charge in [-0.3, -0.25) is 19.3 Å². The number of urea groups is 1. The number of ether oxygens (including phenoxy) is 3. The summed E-state index contributed by atoms with van der Waals surface area (Å²) in [5.74, 6) is -0.597. The average molecular weight is 404 g/mol. The second-order valence-corrected chi connectivity index (χ2v) is 7.08. The molecule has 0 bridgehead atoms. The van der Waals surface area contributed by atoms with Crippen LogP contribution in [0.3, 0.4) is 0 Å². The first-order chi connectivity index (χ1) is 13.9. The third kappa shape index (κ3) is 4.18. The topological polar surface area (TPSA) is 111 Å². The van der Waals surface area contributed by atoms with E-state index >= 15 is 0 Å². The maximum absolute atomic E-state index is 12.5. The number of carbonyl (C=O) groups is 4. The van der Waals surface area contributed by atoms with Gasteiger partial charge in [-0.25, -0.2) is 4.79 Å². The minimum Gasteiger partial charge on any atom is -0.497 e. The molecular formula is C20H24N2O7. The predicted octanol–water partition coefficient (Wildman–Crippen LogP) is 1.68. The lowest BCUT2D eigenvalue weighted by Crippen LogP contribution is -2.44. The standard InChI is InChI=1S/C20H24N2O7/c1-27-13-5-6-16(28-2)14(11-13)15(23)12-29-17(24)7-10-22-18(25)20(21-19(22)26)8-3-4-9-20/h5-6,11H,3-4,7-10,12H2,1-2H3,(H,21,26). The van der Waals surface area contributed by atoms with Crippen molar-refractivity contribution < 1.29 is 33.4 Å². The Labute approximate surface area is 168 Å². The molecule has 2 aliphatic rings. The lowest BCUT2D eigenvalue weighted by atomic mass is 9.98. The van der Waals surface area contributed by atoms with Crippen LogP contribution in [0, 0.1) is 0 Å². The quantitative estimate of drug-likeness (QED) is 0.399. The maximum atomic E-state index is 12.5. The van der Waals surface area contributed by atoms with E-state index in [1.807, 2.05) is 0 Å². The van der Waals surface area contributed by atoms with Crippen molar-refractivity contribution >= 4 is 23.7 Å². The average Bonchev–Trinajstić information content (AvgIpc) is 3.29. The number of imide groups is 1. The van der Waals surface area contributed by atoms with Crippen LogP contribution >= 0.6 is 0 Å². The summed E-state index contributed by atoms with van der Waals surface area (Å²) in [6, 6.07) is 4.26. The summed E-state index contributed by atoms with van der Waals surface area (Å²) >= 11 is 0. The first-order valence-electron chi connectivity index (χ1n) is 9.45. The highest BCUT2D eigenvalue weighted by molar-refractivity contribution is 6.07. The minimum absolute atomic E-state index is 0.0814. The van der Waals surface area contributed by atoms with Gasteiger partial charge >= 0.3 is 12.0 Å². The van der Waals surface area contributed by atoms with E-state index in [2.05, 4.69) is 5.32 Å². The number of hydrogen-bond donors (Lipinski definition) is 1. The molecule has 0 atom stereocenters. The monoisotopic (exact) mass is 404 g/mol. The van der Waals surface area contributed by atoms with Crippen molar-refractivity contribution in [1.29, 1.82) is 0 Å².